The van der Waals surface area contributed by atoms with Gasteiger partial charge in [0.25, 0.3) is 0 Å². The van der Waals surface area contributed by atoms with Crippen molar-refractivity contribution in [3.8, 4) is 0 Å². The molecule has 1 aliphatic carbocycles. The standard InChI is InChI=1S/C13H21NO2/c15-13(16)11-9-5-7-14(8-6-9)12(11)10-3-1-2-4-10/h9-12H,1-8H2,(H,15,16). The summed E-state index contributed by atoms with van der Waals surface area (Å²) in [6.45, 7) is 2.30. The van der Waals surface area contributed by atoms with Crippen molar-refractivity contribution in [3.63, 3.8) is 0 Å². The monoisotopic (exact) mass is 223 g/mol. The highest BCUT2D eigenvalue weighted by Gasteiger charge is 2.49. The number of hydrogen-bond donors (Lipinski definition) is 1. The summed E-state index contributed by atoms with van der Waals surface area (Å²) < 4.78 is 0. The normalized spacial score (nSPS) is 43.8. The highest BCUT2D eigenvalue weighted by molar-refractivity contribution is 5.71. The molecule has 0 aromatic carbocycles. The Morgan fingerprint density at radius 3 is 2.19 bits per heavy atom. The highest BCUT2D eigenvalue weighted by Crippen LogP contribution is 2.44. The Hall–Kier alpha value is -0.570. The van der Waals surface area contributed by atoms with Gasteiger partial charge in [-0.25, -0.2) is 0 Å². The van der Waals surface area contributed by atoms with Gasteiger partial charge in [-0.1, -0.05) is 12.8 Å². The van der Waals surface area contributed by atoms with Crippen molar-refractivity contribution in [1.82, 2.24) is 4.90 Å². The molecule has 3 heteroatoms. The van der Waals surface area contributed by atoms with Gasteiger partial charge in [0.05, 0.1) is 5.92 Å². The van der Waals surface area contributed by atoms with E-state index in [0.29, 0.717) is 17.9 Å². The fourth-order valence-electron chi connectivity index (χ4n) is 4.32. The minimum atomic E-state index is -0.536. The number of carboxylic acid groups (broad SMARTS) is 1. The maximum absolute atomic E-state index is 11.5. The average molecular weight is 223 g/mol. The van der Waals surface area contributed by atoms with E-state index in [2.05, 4.69) is 4.90 Å². The summed E-state index contributed by atoms with van der Waals surface area (Å²) in [4.78, 5) is 14.0. The van der Waals surface area contributed by atoms with Crippen LogP contribution in [0.3, 0.4) is 0 Å². The van der Waals surface area contributed by atoms with Gasteiger partial charge in [-0.05, 0) is 50.6 Å². The Bertz CT molecular complexity index is 276. The van der Waals surface area contributed by atoms with Crippen LogP contribution in [0.4, 0.5) is 0 Å². The summed E-state index contributed by atoms with van der Waals surface area (Å²) >= 11 is 0. The molecule has 3 saturated heterocycles. The topological polar surface area (TPSA) is 40.5 Å². The van der Waals surface area contributed by atoms with E-state index < -0.39 is 5.97 Å². The molecule has 1 N–H and O–H groups in total. The molecule has 4 rings (SSSR count). The first-order valence-corrected chi connectivity index (χ1v) is 6.74. The van der Waals surface area contributed by atoms with Crippen LogP contribution in [0.2, 0.25) is 0 Å². The first-order chi connectivity index (χ1) is 7.77. The van der Waals surface area contributed by atoms with E-state index in [9.17, 15) is 9.90 Å². The van der Waals surface area contributed by atoms with Gasteiger partial charge in [0.1, 0.15) is 0 Å². The zero-order valence-electron chi connectivity index (χ0n) is 9.77. The molecule has 3 nitrogen and oxygen atoms in total. The first kappa shape index (κ1) is 10.6. The number of hydrogen-bond acceptors (Lipinski definition) is 2. The molecule has 4 fully saturated rings. The third kappa shape index (κ3) is 1.56. The van der Waals surface area contributed by atoms with Gasteiger partial charge < -0.3 is 5.11 Å². The van der Waals surface area contributed by atoms with Gasteiger partial charge in [0, 0.05) is 6.04 Å². The van der Waals surface area contributed by atoms with Crippen LogP contribution in [-0.4, -0.2) is 35.1 Å². The van der Waals surface area contributed by atoms with Crippen molar-refractivity contribution in [2.24, 2.45) is 17.8 Å². The minimum absolute atomic E-state index is 0.0643. The minimum Gasteiger partial charge on any atom is -0.481 e. The second kappa shape index (κ2) is 4.02. The third-order valence-electron chi connectivity index (χ3n) is 5.04. The molecule has 0 amide bonds. The van der Waals surface area contributed by atoms with E-state index in [-0.39, 0.29) is 5.92 Å². The van der Waals surface area contributed by atoms with Gasteiger partial charge in [-0.15, -0.1) is 0 Å². The van der Waals surface area contributed by atoms with Gasteiger partial charge in [0.15, 0.2) is 0 Å². The molecule has 0 spiro atoms. The molecular formula is C13H21NO2. The predicted molar refractivity (Wildman–Crippen MR) is 61.2 cm³/mol. The van der Waals surface area contributed by atoms with Crippen molar-refractivity contribution in [1.29, 1.82) is 0 Å². The van der Waals surface area contributed by atoms with Gasteiger partial charge in [0.2, 0.25) is 0 Å². The predicted octanol–water partition coefficient (Wildman–Crippen LogP) is 1.97. The second-order valence-electron chi connectivity index (χ2n) is 5.77. The number of rotatable bonds is 2. The summed E-state index contributed by atoms with van der Waals surface area (Å²) in [5.74, 6) is 0.536. The summed E-state index contributed by atoms with van der Waals surface area (Å²) in [6.07, 6.45) is 7.37. The van der Waals surface area contributed by atoms with Crippen LogP contribution in [0, 0.1) is 17.8 Å². The molecule has 16 heavy (non-hydrogen) atoms. The molecule has 3 aliphatic heterocycles. The van der Waals surface area contributed by atoms with Crippen molar-refractivity contribution in [2.75, 3.05) is 13.1 Å². The fourth-order valence-corrected chi connectivity index (χ4v) is 4.32. The lowest BCUT2D eigenvalue weighted by Gasteiger charge is -2.51. The number of carbonyl (C=O) groups is 1. The third-order valence-corrected chi connectivity index (χ3v) is 5.04. The van der Waals surface area contributed by atoms with E-state index in [4.69, 9.17) is 0 Å². The maximum atomic E-state index is 11.5. The maximum Gasteiger partial charge on any atom is 0.308 e. The Morgan fingerprint density at radius 1 is 1.00 bits per heavy atom. The zero-order valence-corrected chi connectivity index (χ0v) is 9.77. The molecule has 2 unspecified atom stereocenters. The number of piperidine rings is 3. The summed E-state index contributed by atoms with van der Waals surface area (Å²) in [7, 11) is 0. The Kier molecular flexibility index (Phi) is 2.66. The Labute approximate surface area is 96.8 Å². The lowest BCUT2D eigenvalue weighted by atomic mass is 9.69. The van der Waals surface area contributed by atoms with Crippen molar-refractivity contribution in [2.45, 2.75) is 44.6 Å². The van der Waals surface area contributed by atoms with Crippen LogP contribution in [0.1, 0.15) is 38.5 Å². The van der Waals surface area contributed by atoms with Crippen LogP contribution >= 0.6 is 0 Å². The molecule has 90 valence electrons. The molecule has 4 aliphatic rings. The van der Waals surface area contributed by atoms with Crippen molar-refractivity contribution in [3.05, 3.63) is 0 Å². The Morgan fingerprint density at radius 2 is 1.62 bits per heavy atom. The van der Waals surface area contributed by atoms with Crippen LogP contribution in [0.15, 0.2) is 0 Å². The number of carboxylic acids is 1. The van der Waals surface area contributed by atoms with E-state index in [0.717, 1.165) is 25.9 Å². The molecule has 2 atom stereocenters. The molecular weight excluding hydrogens is 202 g/mol. The van der Waals surface area contributed by atoms with Crippen molar-refractivity contribution >= 4 is 5.97 Å². The van der Waals surface area contributed by atoms with Gasteiger partial charge >= 0.3 is 5.97 Å². The summed E-state index contributed by atoms with van der Waals surface area (Å²) in [6, 6.07) is 0.368. The molecule has 0 radical (unpaired) electrons. The number of nitrogens with zero attached hydrogens (tertiary/aromatic N) is 1. The van der Waals surface area contributed by atoms with Gasteiger partial charge in [-0.3, -0.25) is 9.69 Å². The van der Waals surface area contributed by atoms with E-state index in [1.54, 1.807) is 0 Å². The van der Waals surface area contributed by atoms with E-state index in [1.807, 2.05) is 0 Å². The van der Waals surface area contributed by atoms with E-state index >= 15 is 0 Å². The molecule has 0 aromatic rings. The van der Waals surface area contributed by atoms with Crippen LogP contribution in [-0.2, 0) is 4.79 Å². The lowest BCUT2D eigenvalue weighted by molar-refractivity contribution is -0.155. The second-order valence-corrected chi connectivity index (χ2v) is 5.77. The quantitative estimate of drug-likeness (QED) is 0.778. The number of fused-ring (bicyclic) bond motifs is 3. The molecule has 0 aromatic heterocycles. The largest absolute Gasteiger partial charge is 0.481 e. The Balaban J connectivity index is 1.84. The first-order valence-electron chi connectivity index (χ1n) is 6.74. The van der Waals surface area contributed by atoms with Crippen molar-refractivity contribution < 1.29 is 9.90 Å². The van der Waals surface area contributed by atoms with Crippen LogP contribution in [0.25, 0.3) is 0 Å². The van der Waals surface area contributed by atoms with E-state index in [1.165, 1.54) is 25.7 Å². The number of aliphatic carboxylic acids is 1. The fraction of sp³-hybridized carbons (Fsp3) is 0.923. The SMILES string of the molecule is O=C(O)C1C2CCN(CC2)C1C1CCCC1. The zero-order chi connectivity index (χ0) is 11.1. The molecule has 2 bridgehead atoms. The average Bonchev–Trinajstić information content (AvgIpc) is 2.82. The molecule has 1 saturated carbocycles. The highest BCUT2D eigenvalue weighted by atomic mass is 16.4. The van der Waals surface area contributed by atoms with Crippen LogP contribution < -0.4 is 0 Å². The smallest absolute Gasteiger partial charge is 0.308 e. The summed E-state index contributed by atoms with van der Waals surface area (Å²) in [5.41, 5.74) is 0. The lowest BCUT2D eigenvalue weighted by Crippen LogP contribution is -2.59. The van der Waals surface area contributed by atoms with Crippen LogP contribution in [0.5, 0.6) is 0 Å². The van der Waals surface area contributed by atoms with Gasteiger partial charge in [-0.2, -0.15) is 0 Å². The summed E-state index contributed by atoms with van der Waals surface area (Å²) in [5, 5.41) is 9.46. The molecule has 3 heterocycles.